The predicted octanol–water partition coefficient (Wildman–Crippen LogP) is 2.22. The number of rotatable bonds is 6. The lowest BCUT2D eigenvalue weighted by molar-refractivity contribution is 0.328. The van der Waals surface area contributed by atoms with Crippen LogP contribution in [0.15, 0.2) is 12.2 Å². The molecule has 0 radical (unpaired) electrons. The van der Waals surface area contributed by atoms with Gasteiger partial charge in [-0.1, -0.05) is 12.5 Å². The van der Waals surface area contributed by atoms with Crippen LogP contribution in [0.25, 0.3) is 0 Å². The monoisotopic (exact) mass is 182 g/mol. The molecule has 2 nitrogen and oxygen atoms in total. The molecule has 2 unspecified atom stereocenters. The molecule has 3 N–H and O–H groups in total. The molecule has 1 aliphatic rings. The molecule has 1 saturated carbocycles. The van der Waals surface area contributed by atoms with Crippen molar-refractivity contribution in [2.24, 2.45) is 17.7 Å². The summed E-state index contributed by atoms with van der Waals surface area (Å²) in [5.41, 5.74) is 4.19. The van der Waals surface area contributed by atoms with Crippen LogP contribution in [0.5, 0.6) is 0 Å². The highest BCUT2D eigenvalue weighted by Gasteiger charge is 2.32. The average molecular weight is 182 g/mol. The predicted molar refractivity (Wildman–Crippen MR) is 57.0 cm³/mol. The fourth-order valence-electron chi connectivity index (χ4n) is 1.85. The molecule has 0 saturated heterocycles. The van der Waals surface area contributed by atoms with Gasteiger partial charge in [-0.3, -0.25) is 11.3 Å². The maximum atomic E-state index is 5.55. The number of nitrogens with two attached hydrogens (primary N) is 1. The molecule has 2 heteroatoms. The van der Waals surface area contributed by atoms with Crippen molar-refractivity contribution in [3.05, 3.63) is 12.2 Å². The first kappa shape index (κ1) is 10.7. The minimum Gasteiger partial charge on any atom is -0.271 e. The highest BCUT2D eigenvalue weighted by atomic mass is 15.2. The van der Waals surface area contributed by atoms with E-state index in [0.717, 1.165) is 24.7 Å². The van der Waals surface area contributed by atoms with E-state index in [0.29, 0.717) is 6.04 Å². The zero-order chi connectivity index (χ0) is 9.84. The van der Waals surface area contributed by atoms with E-state index in [1.54, 1.807) is 0 Å². The molecule has 13 heavy (non-hydrogen) atoms. The van der Waals surface area contributed by atoms with E-state index in [4.69, 9.17) is 5.84 Å². The smallest absolute Gasteiger partial charge is 0.0241 e. The van der Waals surface area contributed by atoms with Crippen LogP contribution in [0.1, 0.15) is 39.5 Å². The molecule has 1 fully saturated rings. The first-order chi connectivity index (χ1) is 6.15. The third-order valence-corrected chi connectivity index (χ3v) is 3.10. The Balaban J connectivity index is 2.28. The summed E-state index contributed by atoms with van der Waals surface area (Å²) in [6.45, 7) is 8.30. The largest absolute Gasteiger partial charge is 0.271 e. The standard InChI is InChI=1S/C11H22N2/c1-8(2)4-7-11(13-12)9(3)10-5-6-10/h9-11,13H,1,4-7,12H2,2-3H3. The Hall–Kier alpha value is -0.340. The molecule has 0 amide bonds. The van der Waals surface area contributed by atoms with Gasteiger partial charge in [0.05, 0.1) is 0 Å². The van der Waals surface area contributed by atoms with Crippen molar-refractivity contribution >= 4 is 0 Å². The number of hydrazine groups is 1. The van der Waals surface area contributed by atoms with Gasteiger partial charge in [0.25, 0.3) is 0 Å². The molecule has 0 spiro atoms. The minimum atomic E-state index is 0.476. The van der Waals surface area contributed by atoms with E-state index in [-0.39, 0.29) is 0 Å². The Labute approximate surface area is 81.6 Å². The van der Waals surface area contributed by atoms with Gasteiger partial charge in [-0.05, 0) is 44.4 Å². The summed E-state index contributed by atoms with van der Waals surface area (Å²) in [5.74, 6) is 7.19. The van der Waals surface area contributed by atoms with E-state index >= 15 is 0 Å². The zero-order valence-corrected chi connectivity index (χ0v) is 8.84. The number of allylic oxidation sites excluding steroid dienone is 1. The second kappa shape index (κ2) is 4.77. The highest BCUT2D eigenvalue weighted by Crippen LogP contribution is 2.38. The van der Waals surface area contributed by atoms with Crippen LogP contribution < -0.4 is 11.3 Å². The number of nitrogens with one attached hydrogen (secondary N) is 1. The highest BCUT2D eigenvalue weighted by molar-refractivity contribution is 4.92. The molecule has 76 valence electrons. The first-order valence-electron chi connectivity index (χ1n) is 5.25. The first-order valence-corrected chi connectivity index (χ1v) is 5.25. The lowest BCUT2D eigenvalue weighted by atomic mass is 9.92. The Morgan fingerprint density at radius 3 is 2.62 bits per heavy atom. The van der Waals surface area contributed by atoms with E-state index in [2.05, 4.69) is 25.9 Å². The minimum absolute atomic E-state index is 0.476. The van der Waals surface area contributed by atoms with Crippen molar-refractivity contribution in [1.29, 1.82) is 0 Å². The van der Waals surface area contributed by atoms with Gasteiger partial charge in [0.1, 0.15) is 0 Å². The second-order valence-electron chi connectivity index (χ2n) is 4.47. The van der Waals surface area contributed by atoms with Crippen LogP contribution in [0.2, 0.25) is 0 Å². The zero-order valence-electron chi connectivity index (χ0n) is 8.84. The van der Waals surface area contributed by atoms with Gasteiger partial charge < -0.3 is 0 Å². The summed E-state index contributed by atoms with van der Waals surface area (Å²) in [6, 6.07) is 0.476. The molecule has 1 rings (SSSR count). The summed E-state index contributed by atoms with van der Waals surface area (Å²) in [5, 5.41) is 0. The fourth-order valence-corrected chi connectivity index (χ4v) is 1.85. The van der Waals surface area contributed by atoms with Gasteiger partial charge in [0.15, 0.2) is 0 Å². The third-order valence-electron chi connectivity index (χ3n) is 3.10. The lowest BCUT2D eigenvalue weighted by Crippen LogP contribution is -2.40. The molecule has 0 bridgehead atoms. The lowest BCUT2D eigenvalue weighted by Gasteiger charge is -2.22. The summed E-state index contributed by atoms with van der Waals surface area (Å²) in [7, 11) is 0. The Kier molecular flexibility index (Phi) is 3.94. The van der Waals surface area contributed by atoms with Crippen molar-refractivity contribution in [3.8, 4) is 0 Å². The molecule has 2 atom stereocenters. The third kappa shape index (κ3) is 3.49. The van der Waals surface area contributed by atoms with Crippen LogP contribution in [0.4, 0.5) is 0 Å². The maximum Gasteiger partial charge on any atom is 0.0241 e. The molecular formula is C11H22N2. The molecule has 0 aromatic rings. The maximum absolute atomic E-state index is 5.55. The van der Waals surface area contributed by atoms with Crippen molar-refractivity contribution < 1.29 is 0 Å². The van der Waals surface area contributed by atoms with Gasteiger partial charge in [-0.25, -0.2) is 0 Å². The second-order valence-corrected chi connectivity index (χ2v) is 4.47. The van der Waals surface area contributed by atoms with Gasteiger partial charge in [-0.15, -0.1) is 6.58 Å². The number of hydrogen-bond donors (Lipinski definition) is 2. The van der Waals surface area contributed by atoms with E-state index in [9.17, 15) is 0 Å². The topological polar surface area (TPSA) is 38.0 Å². The summed E-state index contributed by atoms with van der Waals surface area (Å²) in [6.07, 6.45) is 5.01. The molecular weight excluding hydrogens is 160 g/mol. The fraction of sp³-hybridized carbons (Fsp3) is 0.818. The van der Waals surface area contributed by atoms with Crippen LogP contribution in [-0.2, 0) is 0 Å². The van der Waals surface area contributed by atoms with Crippen LogP contribution in [0.3, 0.4) is 0 Å². The van der Waals surface area contributed by atoms with Gasteiger partial charge in [-0.2, -0.15) is 0 Å². The van der Waals surface area contributed by atoms with Gasteiger partial charge in [0, 0.05) is 6.04 Å². The molecule has 0 aromatic heterocycles. The van der Waals surface area contributed by atoms with Crippen molar-refractivity contribution in [1.82, 2.24) is 5.43 Å². The molecule has 0 aliphatic heterocycles. The van der Waals surface area contributed by atoms with Crippen LogP contribution in [-0.4, -0.2) is 6.04 Å². The normalized spacial score (nSPS) is 21.2. The Morgan fingerprint density at radius 2 is 2.23 bits per heavy atom. The van der Waals surface area contributed by atoms with E-state index < -0.39 is 0 Å². The van der Waals surface area contributed by atoms with E-state index in [1.807, 2.05) is 0 Å². The van der Waals surface area contributed by atoms with Gasteiger partial charge in [0.2, 0.25) is 0 Å². The summed E-state index contributed by atoms with van der Waals surface area (Å²) < 4.78 is 0. The SMILES string of the molecule is C=C(C)CCC(NN)C(C)C1CC1. The van der Waals surface area contributed by atoms with Gasteiger partial charge >= 0.3 is 0 Å². The Morgan fingerprint density at radius 1 is 1.62 bits per heavy atom. The molecule has 0 aromatic carbocycles. The van der Waals surface area contributed by atoms with E-state index in [1.165, 1.54) is 18.4 Å². The number of hydrogen-bond acceptors (Lipinski definition) is 2. The summed E-state index contributed by atoms with van der Waals surface area (Å²) >= 11 is 0. The Bertz CT molecular complexity index is 173. The molecule has 0 heterocycles. The van der Waals surface area contributed by atoms with Crippen molar-refractivity contribution in [2.75, 3.05) is 0 Å². The quantitative estimate of drug-likeness (QED) is 0.375. The van der Waals surface area contributed by atoms with Crippen molar-refractivity contribution in [2.45, 2.75) is 45.6 Å². The van der Waals surface area contributed by atoms with Crippen LogP contribution >= 0.6 is 0 Å². The van der Waals surface area contributed by atoms with Crippen LogP contribution in [0, 0.1) is 11.8 Å². The molecule has 1 aliphatic carbocycles. The average Bonchev–Trinajstić information content (AvgIpc) is 2.86. The van der Waals surface area contributed by atoms with Crippen molar-refractivity contribution in [3.63, 3.8) is 0 Å². The summed E-state index contributed by atoms with van der Waals surface area (Å²) in [4.78, 5) is 0.